The number of nitrogens with zero attached hydrogens (tertiary/aromatic N) is 1. The number of anilines is 1. The Labute approximate surface area is 171 Å². The second-order valence-electron chi connectivity index (χ2n) is 6.24. The summed E-state index contributed by atoms with van der Waals surface area (Å²) < 4.78 is 79.7. The first-order valence-corrected chi connectivity index (χ1v) is 13.7. The Kier molecular flexibility index (Phi) is 6.93. The predicted molar refractivity (Wildman–Crippen MR) is 110 cm³/mol. The topological polar surface area (TPSA) is 124 Å². The lowest BCUT2D eigenvalue weighted by Crippen LogP contribution is -2.35. The number of benzene rings is 2. The second-order valence-corrected chi connectivity index (χ2v) is 11.8. The SMILES string of the molecule is CS(=O)(=O)OCCc1ccc(Oc2ccc(N(S(C)(=O)=O)S(C)(=O)=O)cc2)cc1. The van der Waals surface area contributed by atoms with E-state index in [0.29, 0.717) is 21.6 Å². The van der Waals surface area contributed by atoms with Crippen molar-refractivity contribution in [3.8, 4) is 11.5 Å². The van der Waals surface area contributed by atoms with E-state index in [1.807, 2.05) is 0 Å². The zero-order chi connectivity index (χ0) is 21.9. The van der Waals surface area contributed by atoms with Crippen molar-refractivity contribution in [2.24, 2.45) is 0 Å². The van der Waals surface area contributed by atoms with E-state index in [1.165, 1.54) is 24.3 Å². The van der Waals surface area contributed by atoms with Gasteiger partial charge in [-0.2, -0.15) is 12.1 Å². The summed E-state index contributed by atoms with van der Waals surface area (Å²) in [5.41, 5.74) is 0.830. The van der Waals surface area contributed by atoms with Gasteiger partial charge >= 0.3 is 0 Å². The zero-order valence-corrected chi connectivity index (χ0v) is 18.4. The van der Waals surface area contributed by atoms with Crippen LogP contribution in [0.3, 0.4) is 0 Å². The summed E-state index contributed by atoms with van der Waals surface area (Å²) in [5, 5.41) is 0. The van der Waals surface area contributed by atoms with Crippen molar-refractivity contribution in [3.63, 3.8) is 0 Å². The summed E-state index contributed by atoms with van der Waals surface area (Å²) in [6, 6.07) is 12.4. The molecule has 0 radical (unpaired) electrons. The van der Waals surface area contributed by atoms with Crippen molar-refractivity contribution < 1.29 is 34.2 Å². The fourth-order valence-corrected chi connectivity index (χ4v) is 5.80. The third kappa shape index (κ3) is 7.31. The van der Waals surface area contributed by atoms with Gasteiger partial charge in [-0.05, 0) is 48.4 Å². The van der Waals surface area contributed by atoms with Gasteiger partial charge in [0.2, 0.25) is 20.0 Å². The minimum atomic E-state index is -4.01. The molecule has 0 spiro atoms. The molecule has 29 heavy (non-hydrogen) atoms. The first kappa shape index (κ1) is 23.1. The van der Waals surface area contributed by atoms with Crippen molar-refractivity contribution >= 4 is 35.9 Å². The highest BCUT2D eigenvalue weighted by atomic mass is 32.3. The van der Waals surface area contributed by atoms with E-state index in [0.717, 1.165) is 24.3 Å². The van der Waals surface area contributed by atoms with Gasteiger partial charge in [0.1, 0.15) is 11.5 Å². The van der Waals surface area contributed by atoms with Crippen LogP contribution in [0.25, 0.3) is 0 Å². The molecule has 0 fully saturated rings. The van der Waals surface area contributed by atoms with Gasteiger partial charge in [0, 0.05) is 0 Å². The van der Waals surface area contributed by atoms with E-state index in [-0.39, 0.29) is 12.3 Å². The Morgan fingerprint density at radius 1 is 0.724 bits per heavy atom. The zero-order valence-electron chi connectivity index (χ0n) is 16.0. The van der Waals surface area contributed by atoms with Crippen LogP contribution >= 0.6 is 0 Å². The Morgan fingerprint density at radius 3 is 1.59 bits per heavy atom. The molecule has 0 aliphatic rings. The summed E-state index contributed by atoms with van der Waals surface area (Å²) >= 11 is 0. The molecule has 2 rings (SSSR count). The normalized spacial score (nSPS) is 12.5. The minimum absolute atomic E-state index is 0.0245. The number of hydrogen-bond acceptors (Lipinski definition) is 8. The number of sulfonamides is 2. The molecule has 2 aromatic rings. The van der Waals surface area contributed by atoms with Gasteiger partial charge in [-0.1, -0.05) is 12.1 Å². The molecule has 0 aliphatic heterocycles. The Hall–Kier alpha value is -2.15. The molecule has 0 atom stereocenters. The smallest absolute Gasteiger partial charge is 0.264 e. The molecule has 9 nitrogen and oxygen atoms in total. The molecule has 0 unspecified atom stereocenters. The molecule has 0 saturated heterocycles. The average Bonchev–Trinajstić information content (AvgIpc) is 2.54. The van der Waals surface area contributed by atoms with E-state index >= 15 is 0 Å². The summed E-state index contributed by atoms with van der Waals surface area (Å²) in [7, 11) is -11.5. The molecular weight excluding hydrogens is 442 g/mol. The van der Waals surface area contributed by atoms with Crippen molar-refractivity contribution in [1.29, 1.82) is 0 Å². The van der Waals surface area contributed by atoms with Crippen molar-refractivity contribution in [2.75, 3.05) is 29.1 Å². The Balaban J connectivity index is 2.08. The van der Waals surface area contributed by atoms with Crippen LogP contribution in [-0.2, 0) is 40.8 Å². The van der Waals surface area contributed by atoms with Gasteiger partial charge in [-0.3, -0.25) is 4.18 Å². The molecule has 0 N–H and O–H groups in total. The quantitative estimate of drug-likeness (QED) is 0.515. The highest BCUT2D eigenvalue weighted by molar-refractivity contribution is 8.09. The van der Waals surface area contributed by atoms with E-state index in [2.05, 4.69) is 4.18 Å². The van der Waals surface area contributed by atoms with E-state index < -0.39 is 30.2 Å². The first-order chi connectivity index (χ1) is 13.3. The average molecular weight is 464 g/mol. The monoisotopic (exact) mass is 463 g/mol. The van der Waals surface area contributed by atoms with Crippen LogP contribution in [0.5, 0.6) is 11.5 Å². The van der Waals surface area contributed by atoms with Gasteiger partial charge in [-0.25, -0.2) is 16.8 Å². The number of hydrogen-bond donors (Lipinski definition) is 0. The maximum absolute atomic E-state index is 11.8. The minimum Gasteiger partial charge on any atom is -0.457 e. The lowest BCUT2D eigenvalue weighted by atomic mass is 10.1. The van der Waals surface area contributed by atoms with E-state index in [4.69, 9.17) is 4.74 Å². The summed E-state index contributed by atoms with van der Waals surface area (Å²) in [5.74, 6) is 0.873. The van der Waals surface area contributed by atoms with E-state index in [9.17, 15) is 25.3 Å². The van der Waals surface area contributed by atoms with Crippen LogP contribution in [0.4, 0.5) is 5.69 Å². The Morgan fingerprint density at radius 2 is 1.17 bits per heavy atom. The number of rotatable bonds is 9. The van der Waals surface area contributed by atoms with Gasteiger partial charge in [-0.15, -0.1) is 0 Å². The molecule has 0 aromatic heterocycles. The third-order valence-electron chi connectivity index (χ3n) is 3.50. The van der Waals surface area contributed by atoms with Crippen molar-refractivity contribution in [3.05, 3.63) is 54.1 Å². The molecule has 0 aliphatic carbocycles. The van der Waals surface area contributed by atoms with Crippen LogP contribution in [0.15, 0.2) is 48.5 Å². The highest BCUT2D eigenvalue weighted by Crippen LogP contribution is 2.27. The van der Waals surface area contributed by atoms with Crippen LogP contribution in [0.2, 0.25) is 0 Å². The lowest BCUT2D eigenvalue weighted by molar-refractivity contribution is 0.326. The molecule has 160 valence electrons. The molecule has 0 amide bonds. The second kappa shape index (κ2) is 8.69. The van der Waals surface area contributed by atoms with Gasteiger partial charge in [0.25, 0.3) is 10.1 Å². The molecule has 0 heterocycles. The molecule has 0 saturated carbocycles. The largest absolute Gasteiger partial charge is 0.457 e. The van der Waals surface area contributed by atoms with Gasteiger partial charge < -0.3 is 4.74 Å². The van der Waals surface area contributed by atoms with Crippen LogP contribution in [0.1, 0.15) is 5.56 Å². The standard InChI is InChI=1S/C17H21NO8S3/c1-27(19,20)18(28(2,21)22)15-6-10-17(11-7-15)26-16-8-4-14(5-9-16)12-13-25-29(3,23)24/h4-11H,12-13H2,1-3H3. The number of ether oxygens (including phenoxy) is 1. The van der Waals surface area contributed by atoms with E-state index in [1.54, 1.807) is 24.3 Å². The van der Waals surface area contributed by atoms with Crippen LogP contribution in [-0.4, -0.2) is 50.6 Å². The maximum Gasteiger partial charge on any atom is 0.264 e. The predicted octanol–water partition coefficient (Wildman–Crippen LogP) is 1.72. The fraction of sp³-hybridized carbons (Fsp3) is 0.294. The van der Waals surface area contributed by atoms with Crippen LogP contribution < -0.4 is 8.45 Å². The highest BCUT2D eigenvalue weighted by Gasteiger charge is 2.27. The summed E-state index contributed by atoms with van der Waals surface area (Å²) in [6.45, 7) is 0.0394. The maximum atomic E-state index is 11.8. The van der Waals surface area contributed by atoms with Crippen molar-refractivity contribution in [1.82, 2.24) is 0 Å². The Bertz CT molecular complexity index is 1120. The van der Waals surface area contributed by atoms with Crippen molar-refractivity contribution in [2.45, 2.75) is 6.42 Å². The lowest BCUT2D eigenvalue weighted by Gasteiger charge is -2.19. The van der Waals surface area contributed by atoms with Crippen LogP contribution in [0, 0.1) is 0 Å². The molecule has 2 aromatic carbocycles. The third-order valence-corrected chi connectivity index (χ3v) is 7.34. The molecular formula is C17H21NO8S3. The summed E-state index contributed by atoms with van der Waals surface area (Å²) in [4.78, 5) is 0. The van der Waals surface area contributed by atoms with Gasteiger partial charge in [0.15, 0.2) is 0 Å². The summed E-state index contributed by atoms with van der Waals surface area (Å²) in [6.07, 6.45) is 3.01. The first-order valence-electron chi connectivity index (χ1n) is 8.17. The van der Waals surface area contributed by atoms with Gasteiger partial charge in [0.05, 0.1) is 31.1 Å². The molecule has 0 bridgehead atoms. The molecule has 12 heteroatoms. The fourth-order valence-electron chi connectivity index (χ4n) is 2.44.